The van der Waals surface area contributed by atoms with Gasteiger partial charge in [-0.2, -0.15) is 0 Å². The number of hydrogen-bond donors (Lipinski definition) is 1. The topological polar surface area (TPSA) is 89.0 Å². The van der Waals surface area contributed by atoms with Crippen molar-refractivity contribution in [2.24, 2.45) is 0 Å². The van der Waals surface area contributed by atoms with Gasteiger partial charge in [0.25, 0.3) is 11.7 Å². The predicted octanol–water partition coefficient (Wildman–Crippen LogP) is 2.69. The lowest BCUT2D eigenvalue weighted by Crippen LogP contribution is -2.31. The normalized spacial score (nSPS) is 18.3. The highest BCUT2D eigenvalue weighted by atomic mass is 19.1. The van der Waals surface area contributed by atoms with Crippen molar-refractivity contribution in [3.8, 4) is 5.75 Å². The fraction of sp³-hybridized carbons (Fsp3) is 0.286. The molecule has 1 aromatic heterocycles. The minimum absolute atomic E-state index is 0.00498. The maximum atomic E-state index is 14.1. The molecule has 0 radical (unpaired) electrons. The molecule has 0 saturated carbocycles. The number of carbonyl (C=O) groups excluding carboxylic acids is 2. The van der Waals surface area contributed by atoms with Crippen LogP contribution in [0, 0.1) is 5.82 Å². The van der Waals surface area contributed by atoms with E-state index in [-0.39, 0.29) is 23.4 Å². The number of Topliss-reactive ketones (excluding diaryl/α,β-unsaturated/α-hetero) is 1. The van der Waals surface area contributed by atoms with Gasteiger partial charge in [-0.05, 0) is 36.2 Å². The number of pyridine rings is 1. The lowest BCUT2D eigenvalue weighted by molar-refractivity contribution is -0.140. The molecule has 0 unspecified atom stereocenters. The van der Waals surface area contributed by atoms with Crippen LogP contribution in [0.1, 0.15) is 23.6 Å². The number of carbonyl (C=O) groups is 2. The molecule has 2 heterocycles. The van der Waals surface area contributed by atoms with Crippen LogP contribution in [0.15, 0.2) is 48.3 Å². The average molecular weight is 400 g/mol. The van der Waals surface area contributed by atoms with Gasteiger partial charge in [-0.25, -0.2) is 4.39 Å². The van der Waals surface area contributed by atoms with Crippen LogP contribution in [0.4, 0.5) is 4.39 Å². The van der Waals surface area contributed by atoms with Crippen molar-refractivity contribution < 1.29 is 28.6 Å². The van der Waals surface area contributed by atoms with E-state index in [0.29, 0.717) is 18.6 Å². The number of aliphatic hydroxyl groups is 1. The summed E-state index contributed by atoms with van der Waals surface area (Å²) in [6.07, 6.45) is 3.61. The second-order valence-corrected chi connectivity index (χ2v) is 6.47. The third-order valence-electron chi connectivity index (χ3n) is 4.71. The van der Waals surface area contributed by atoms with Gasteiger partial charge in [0.1, 0.15) is 5.76 Å². The van der Waals surface area contributed by atoms with E-state index < -0.39 is 29.3 Å². The zero-order valence-electron chi connectivity index (χ0n) is 16.1. The number of benzene rings is 1. The van der Waals surface area contributed by atoms with Crippen LogP contribution in [0.25, 0.3) is 5.76 Å². The Balaban J connectivity index is 2.11. The third-order valence-corrected chi connectivity index (χ3v) is 4.71. The molecule has 0 spiro atoms. The molecular formula is C21H21FN2O5. The maximum Gasteiger partial charge on any atom is 0.295 e. The largest absolute Gasteiger partial charge is 0.507 e. The van der Waals surface area contributed by atoms with Crippen LogP contribution >= 0.6 is 0 Å². The van der Waals surface area contributed by atoms with E-state index in [2.05, 4.69) is 4.98 Å². The predicted molar refractivity (Wildman–Crippen MR) is 103 cm³/mol. The quantitative estimate of drug-likeness (QED) is 0.333. The van der Waals surface area contributed by atoms with Crippen molar-refractivity contribution in [1.29, 1.82) is 0 Å². The number of rotatable bonds is 7. The molecule has 7 nitrogen and oxygen atoms in total. The Morgan fingerprint density at radius 3 is 2.69 bits per heavy atom. The summed E-state index contributed by atoms with van der Waals surface area (Å²) in [7, 11) is 2.87. The van der Waals surface area contributed by atoms with Gasteiger partial charge in [0.05, 0.1) is 18.7 Å². The Labute approximate surface area is 167 Å². The number of nitrogens with zero attached hydrogens (tertiary/aromatic N) is 2. The molecule has 1 N–H and O–H groups in total. The summed E-state index contributed by atoms with van der Waals surface area (Å²) < 4.78 is 24.0. The Kier molecular flexibility index (Phi) is 6.23. The molecular weight excluding hydrogens is 379 g/mol. The van der Waals surface area contributed by atoms with E-state index in [4.69, 9.17) is 9.47 Å². The molecule has 1 aromatic carbocycles. The first-order valence-electron chi connectivity index (χ1n) is 9.00. The molecule has 1 atom stereocenters. The van der Waals surface area contributed by atoms with Gasteiger partial charge in [-0.1, -0.05) is 6.07 Å². The van der Waals surface area contributed by atoms with Gasteiger partial charge in [0.2, 0.25) is 0 Å². The fourth-order valence-electron chi connectivity index (χ4n) is 3.34. The summed E-state index contributed by atoms with van der Waals surface area (Å²) in [6.45, 7) is 0.665. The van der Waals surface area contributed by atoms with Crippen molar-refractivity contribution in [3.63, 3.8) is 0 Å². The summed E-state index contributed by atoms with van der Waals surface area (Å²) in [6, 6.07) is 6.40. The standard InChI is InChI=1S/C21H21FN2O5/c1-28-10-4-9-24-18(14-5-3-8-23-12-14)17(20(26)21(24)27)19(25)13-6-7-16(29-2)15(22)11-13/h3,5-8,11-12,18,25H,4,9-10H2,1-2H3/t18-/m1/s1. The van der Waals surface area contributed by atoms with Gasteiger partial charge in [-0.15, -0.1) is 0 Å². The molecule has 1 aliphatic heterocycles. The van der Waals surface area contributed by atoms with Crippen LogP contribution in [0.3, 0.4) is 0 Å². The van der Waals surface area contributed by atoms with Crippen LogP contribution in [0.5, 0.6) is 5.75 Å². The van der Waals surface area contributed by atoms with Crippen molar-refractivity contribution in [2.75, 3.05) is 27.4 Å². The SMILES string of the molecule is COCCCN1C(=O)C(=O)C(=C(O)c2ccc(OC)c(F)c2)[C@H]1c1cccnc1. The number of amides is 1. The third kappa shape index (κ3) is 3.97. The molecule has 8 heteroatoms. The number of aromatic nitrogens is 1. The molecule has 3 rings (SSSR count). The highest BCUT2D eigenvalue weighted by Crippen LogP contribution is 2.39. The Bertz CT molecular complexity index is 945. The summed E-state index contributed by atoms with van der Waals surface area (Å²) >= 11 is 0. The van der Waals surface area contributed by atoms with Gasteiger partial charge in [0.15, 0.2) is 11.6 Å². The number of aliphatic hydroxyl groups excluding tert-OH is 1. The van der Waals surface area contributed by atoms with Crippen LogP contribution in [-0.2, 0) is 14.3 Å². The zero-order valence-corrected chi connectivity index (χ0v) is 16.1. The molecule has 1 saturated heterocycles. The summed E-state index contributed by atoms with van der Waals surface area (Å²) in [4.78, 5) is 30.9. The van der Waals surface area contributed by atoms with E-state index in [1.54, 1.807) is 25.4 Å². The minimum Gasteiger partial charge on any atom is -0.507 e. The molecule has 0 aliphatic carbocycles. The lowest BCUT2D eigenvalue weighted by Gasteiger charge is -2.25. The van der Waals surface area contributed by atoms with Gasteiger partial charge < -0.3 is 19.5 Å². The van der Waals surface area contributed by atoms with E-state index >= 15 is 0 Å². The number of ether oxygens (including phenoxy) is 2. The lowest BCUT2D eigenvalue weighted by atomic mass is 9.96. The summed E-state index contributed by atoms with van der Waals surface area (Å²) in [5.74, 6) is -2.70. The van der Waals surface area contributed by atoms with E-state index in [1.165, 1.54) is 30.3 Å². The van der Waals surface area contributed by atoms with Crippen molar-refractivity contribution in [1.82, 2.24) is 9.88 Å². The Morgan fingerprint density at radius 2 is 2.07 bits per heavy atom. The fourth-order valence-corrected chi connectivity index (χ4v) is 3.34. The number of likely N-dealkylation sites (tertiary alicyclic amines) is 1. The first-order valence-corrected chi connectivity index (χ1v) is 9.00. The maximum absolute atomic E-state index is 14.1. The number of ketones is 1. The monoisotopic (exact) mass is 400 g/mol. The molecule has 1 amide bonds. The molecule has 0 bridgehead atoms. The summed E-state index contributed by atoms with van der Waals surface area (Å²) in [5.41, 5.74) is 0.539. The van der Waals surface area contributed by atoms with Gasteiger partial charge in [0, 0.05) is 38.2 Å². The first kappa shape index (κ1) is 20.5. The zero-order chi connectivity index (χ0) is 21.0. The second kappa shape index (κ2) is 8.83. The van der Waals surface area contributed by atoms with Crippen LogP contribution in [-0.4, -0.2) is 54.1 Å². The minimum atomic E-state index is -0.829. The number of hydrogen-bond acceptors (Lipinski definition) is 6. The van der Waals surface area contributed by atoms with E-state index in [9.17, 15) is 19.1 Å². The molecule has 1 aliphatic rings. The van der Waals surface area contributed by atoms with E-state index in [1.807, 2.05) is 0 Å². The number of halogens is 1. The van der Waals surface area contributed by atoms with Crippen LogP contribution in [0.2, 0.25) is 0 Å². The van der Waals surface area contributed by atoms with Gasteiger partial charge >= 0.3 is 0 Å². The molecule has 1 fully saturated rings. The van der Waals surface area contributed by atoms with E-state index in [0.717, 1.165) is 6.07 Å². The molecule has 152 valence electrons. The highest BCUT2D eigenvalue weighted by molar-refractivity contribution is 6.46. The average Bonchev–Trinajstić information content (AvgIpc) is 2.99. The van der Waals surface area contributed by atoms with Crippen molar-refractivity contribution in [3.05, 3.63) is 65.2 Å². The van der Waals surface area contributed by atoms with Crippen molar-refractivity contribution >= 4 is 17.4 Å². The smallest absolute Gasteiger partial charge is 0.295 e. The first-order chi connectivity index (χ1) is 14.0. The summed E-state index contributed by atoms with van der Waals surface area (Å²) in [5, 5.41) is 10.8. The van der Waals surface area contributed by atoms with Crippen molar-refractivity contribution in [2.45, 2.75) is 12.5 Å². The van der Waals surface area contributed by atoms with Gasteiger partial charge in [-0.3, -0.25) is 14.6 Å². The Hall–Kier alpha value is -3.26. The molecule has 2 aromatic rings. The second-order valence-electron chi connectivity index (χ2n) is 6.47. The molecule has 29 heavy (non-hydrogen) atoms. The number of methoxy groups -OCH3 is 2. The highest BCUT2D eigenvalue weighted by Gasteiger charge is 2.45. The van der Waals surface area contributed by atoms with Crippen LogP contribution < -0.4 is 4.74 Å². The Morgan fingerprint density at radius 1 is 1.28 bits per heavy atom.